The molecule has 0 atom stereocenters. The summed E-state index contributed by atoms with van der Waals surface area (Å²) in [4.78, 5) is 29.6. The van der Waals surface area contributed by atoms with E-state index in [0.29, 0.717) is 0 Å². The minimum atomic E-state index is -4.31. The Bertz CT molecular complexity index is 261. The van der Waals surface area contributed by atoms with Crippen LogP contribution in [0.15, 0.2) is 0 Å². The van der Waals surface area contributed by atoms with Gasteiger partial charge in [0.25, 0.3) is 0 Å². The first-order chi connectivity index (χ1) is 5.77. The summed E-state index contributed by atoms with van der Waals surface area (Å²) in [5.41, 5.74) is 0. The maximum atomic E-state index is 11.6. The summed E-state index contributed by atoms with van der Waals surface area (Å²) in [5.74, 6) is -0.408. The fourth-order valence-electron chi connectivity index (χ4n) is 1.31. The molecule has 1 aliphatic rings. The topological polar surface area (TPSA) is 74.6 Å². The molecule has 1 saturated carbocycles. The highest BCUT2D eigenvalue weighted by Gasteiger charge is 2.48. The SMILES string of the molecule is CC(C)(C(=O)C1CCC1)P(=O)(O)O. The molecule has 0 bridgehead atoms. The zero-order chi connectivity index (χ0) is 10.3. The van der Waals surface area contributed by atoms with Crippen LogP contribution in [-0.4, -0.2) is 20.7 Å². The van der Waals surface area contributed by atoms with Gasteiger partial charge in [-0.05, 0) is 26.7 Å². The fraction of sp³-hybridized carbons (Fsp3) is 0.875. The van der Waals surface area contributed by atoms with Gasteiger partial charge in [-0.2, -0.15) is 0 Å². The van der Waals surface area contributed by atoms with E-state index in [1.54, 1.807) is 0 Å². The predicted molar refractivity (Wildman–Crippen MR) is 48.5 cm³/mol. The van der Waals surface area contributed by atoms with Gasteiger partial charge in [0.1, 0.15) is 5.16 Å². The fourth-order valence-corrected chi connectivity index (χ4v) is 1.78. The van der Waals surface area contributed by atoms with Crippen molar-refractivity contribution in [2.24, 2.45) is 5.92 Å². The molecule has 0 aromatic carbocycles. The van der Waals surface area contributed by atoms with Gasteiger partial charge in [-0.15, -0.1) is 0 Å². The van der Waals surface area contributed by atoms with Crippen molar-refractivity contribution in [2.75, 3.05) is 0 Å². The Morgan fingerprint density at radius 2 is 1.85 bits per heavy atom. The Hall–Kier alpha value is -0.180. The van der Waals surface area contributed by atoms with Crippen molar-refractivity contribution in [1.82, 2.24) is 0 Å². The van der Waals surface area contributed by atoms with E-state index in [4.69, 9.17) is 9.79 Å². The van der Waals surface area contributed by atoms with Gasteiger partial charge in [-0.3, -0.25) is 9.36 Å². The molecule has 5 heteroatoms. The summed E-state index contributed by atoms with van der Waals surface area (Å²) >= 11 is 0. The van der Waals surface area contributed by atoms with Crippen molar-refractivity contribution in [2.45, 2.75) is 38.3 Å². The van der Waals surface area contributed by atoms with E-state index in [9.17, 15) is 9.36 Å². The average molecular weight is 206 g/mol. The van der Waals surface area contributed by atoms with E-state index in [-0.39, 0.29) is 11.7 Å². The first-order valence-electron chi connectivity index (χ1n) is 4.37. The molecule has 0 spiro atoms. The Labute approximate surface area is 77.5 Å². The molecule has 0 amide bonds. The third-order valence-electron chi connectivity index (χ3n) is 2.81. The lowest BCUT2D eigenvalue weighted by molar-refractivity contribution is -0.127. The molecule has 0 saturated heterocycles. The molecule has 13 heavy (non-hydrogen) atoms. The van der Waals surface area contributed by atoms with E-state index in [1.165, 1.54) is 13.8 Å². The maximum Gasteiger partial charge on any atom is 0.338 e. The van der Waals surface area contributed by atoms with Gasteiger partial charge in [0, 0.05) is 5.92 Å². The Morgan fingerprint density at radius 3 is 2.08 bits per heavy atom. The van der Waals surface area contributed by atoms with Crippen LogP contribution in [0, 0.1) is 5.92 Å². The summed E-state index contributed by atoms with van der Waals surface area (Å²) in [5, 5.41) is -1.50. The summed E-state index contributed by atoms with van der Waals surface area (Å²) in [6, 6.07) is 0. The Morgan fingerprint density at radius 1 is 1.38 bits per heavy atom. The summed E-state index contributed by atoms with van der Waals surface area (Å²) in [6.07, 6.45) is 2.55. The smallest absolute Gasteiger partial charge is 0.324 e. The first kappa shape index (κ1) is 10.9. The van der Waals surface area contributed by atoms with Crippen molar-refractivity contribution in [3.8, 4) is 0 Å². The molecule has 2 N–H and O–H groups in total. The molecule has 1 aliphatic carbocycles. The second-order valence-corrected chi connectivity index (χ2v) is 6.30. The number of Topliss-reactive ketones (excluding diaryl/α,β-unsaturated/α-hetero) is 1. The minimum absolute atomic E-state index is 0.123. The van der Waals surface area contributed by atoms with Gasteiger partial charge >= 0.3 is 7.60 Å². The average Bonchev–Trinajstić information content (AvgIpc) is 1.80. The zero-order valence-corrected chi connectivity index (χ0v) is 8.75. The highest BCUT2D eigenvalue weighted by Crippen LogP contribution is 2.53. The van der Waals surface area contributed by atoms with Crippen LogP contribution in [0.25, 0.3) is 0 Å². The van der Waals surface area contributed by atoms with Crippen LogP contribution < -0.4 is 0 Å². The molecule has 4 nitrogen and oxygen atoms in total. The number of rotatable bonds is 3. The molecule has 0 unspecified atom stereocenters. The van der Waals surface area contributed by atoms with Crippen molar-refractivity contribution in [1.29, 1.82) is 0 Å². The van der Waals surface area contributed by atoms with E-state index >= 15 is 0 Å². The number of hydrogen-bond donors (Lipinski definition) is 2. The molecule has 0 aliphatic heterocycles. The highest BCUT2D eigenvalue weighted by molar-refractivity contribution is 7.54. The van der Waals surface area contributed by atoms with Crippen LogP contribution in [0.3, 0.4) is 0 Å². The molecule has 0 heterocycles. The van der Waals surface area contributed by atoms with Gasteiger partial charge < -0.3 is 9.79 Å². The molecular weight excluding hydrogens is 191 g/mol. The molecule has 76 valence electrons. The molecule has 1 fully saturated rings. The van der Waals surface area contributed by atoms with Crippen LogP contribution in [0.5, 0.6) is 0 Å². The second-order valence-electron chi connectivity index (χ2n) is 4.10. The number of ketones is 1. The van der Waals surface area contributed by atoms with Gasteiger partial charge in [0.2, 0.25) is 0 Å². The van der Waals surface area contributed by atoms with Crippen molar-refractivity contribution < 1.29 is 19.1 Å². The molecule has 1 rings (SSSR count). The van der Waals surface area contributed by atoms with Gasteiger partial charge in [0.05, 0.1) is 0 Å². The van der Waals surface area contributed by atoms with Crippen LogP contribution in [-0.2, 0) is 9.36 Å². The Balaban J connectivity index is 2.79. The van der Waals surface area contributed by atoms with E-state index < -0.39 is 12.8 Å². The quantitative estimate of drug-likeness (QED) is 0.683. The maximum absolute atomic E-state index is 11.6. The number of carbonyl (C=O) groups is 1. The first-order valence-corrected chi connectivity index (χ1v) is 5.98. The summed E-state index contributed by atoms with van der Waals surface area (Å²) in [6.45, 7) is 2.66. The molecular formula is C8H15O4P. The van der Waals surface area contributed by atoms with Gasteiger partial charge in [0.15, 0.2) is 5.78 Å². The highest BCUT2D eigenvalue weighted by atomic mass is 31.2. The van der Waals surface area contributed by atoms with E-state index in [0.717, 1.165) is 19.3 Å². The van der Waals surface area contributed by atoms with Gasteiger partial charge in [-0.1, -0.05) is 6.42 Å². The van der Waals surface area contributed by atoms with Crippen LogP contribution in [0.1, 0.15) is 33.1 Å². The zero-order valence-electron chi connectivity index (χ0n) is 7.86. The number of carbonyl (C=O) groups excluding carboxylic acids is 1. The van der Waals surface area contributed by atoms with Crippen LogP contribution in [0.4, 0.5) is 0 Å². The summed E-state index contributed by atoms with van der Waals surface area (Å²) < 4.78 is 11.0. The Kier molecular flexibility index (Phi) is 2.68. The van der Waals surface area contributed by atoms with Gasteiger partial charge in [-0.25, -0.2) is 0 Å². The lowest BCUT2D eigenvalue weighted by atomic mass is 9.78. The van der Waals surface area contributed by atoms with E-state index in [1.807, 2.05) is 0 Å². The summed E-state index contributed by atoms with van der Waals surface area (Å²) in [7, 11) is -4.31. The monoisotopic (exact) mass is 206 g/mol. The minimum Gasteiger partial charge on any atom is -0.324 e. The van der Waals surface area contributed by atoms with Crippen LogP contribution >= 0.6 is 7.60 Å². The largest absolute Gasteiger partial charge is 0.338 e. The molecule has 0 aromatic heterocycles. The van der Waals surface area contributed by atoms with Crippen LogP contribution in [0.2, 0.25) is 0 Å². The molecule has 0 radical (unpaired) electrons. The second kappa shape index (κ2) is 3.19. The third kappa shape index (κ3) is 1.85. The third-order valence-corrected chi connectivity index (χ3v) is 4.48. The van der Waals surface area contributed by atoms with Crippen molar-refractivity contribution >= 4 is 13.4 Å². The molecule has 0 aromatic rings. The van der Waals surface area contributed by atoms with Crippen molar-refractivity contribution in [3.05, 3.63) is 0 Å². The lowest BCUT2D eigenvalue weighted by Crippen LogP contribution is -2.39. The number of hydrogen-bond acceptors (Lipinski definition) is 2. The standard InChI is InChI=1S/C8H15O4P/c1-8(2,13(10,11)12)7(9)6-4-3-5-6/h6H,3-5H2,1-2H3,(H2,10,11,12). The lowest BCUT2D eigenvalue weighted by Gasteiger charge is -2.32. The van der Waals surface area contributed by atoms with Crippen molar-refractivity contribution in [3.63, 3.8) is 0 Å². The van der Waals surface area contributed by atoms with E-state index in [2.05, 4.69) is 0 Å². The normalized spacial score (nSPS) is 19.7. The predicted octanol–water partition coefficient (Wildman–Crippen LogP) is 1.31.